The van der Waals surface area contributed by atoms with Gasteiger partial charge in [0.1, 0.15) is 0 Å². The smallest absolute Gasteiger partial charge is 0.0339 e. The van der Waals surface area contributed by atoms with E-state index < -0.39 is 0 Å². The molecule has 21 heavy (non-hydrogen) atoms. The van der Waals surface area contributed by atoms with Gasteiger partial charge in [-0.2, -0.15) is 0 Å². The molecule has 3 rings (SSSR count). The average molecular weight is 298 g/mol. The minimum atomic E-state index is 0.515. The Labute approximate surface area is 131 Å². The molecule has 3 heteroatoms. The van der Waals surface area contributed by atoms with E-state index in [4.69, 9.17) is 0 Å². The Bertz CT molecular complexity index is 556. The molecule has 2 aromatic rings. The van der Waals surface area contributed by atoms with E-state index in [1.54, 1.807) is 0 Å². The van der Waals surface area contributed by atoms with Gasteiger partial charge in [0.25, 0.3) is 0 Å². The van der Waals surface area contributed by atoms with Crippen molar-refractivity contribution in [1.29, 1.82) is 0 Å². The molecule has 0 fully saturated rings. The number of thioether (sulfide) groups is 1. The van der Waals surface area contributed by atoms with Gasteiger partial charge in [-0.3, -0.25) is 0 Å². The SMILES string of the molecule is c1ccc(CNCCNC2CCSc3ccccc32)cc1. The first-order valence-electron chi connectivity index (χ1n) is 7.63. The van der Waals surface area contributed by atoms with E-state index in [1.165, 1.54) is 28.2 Å². The summed E-state index contributed by atoms with van der Waals surface area (Å²) in [4.78, 5) is 1.44. The molecule has 0 bridgehead atoms. The van der Waals surface area contributed by atoms with Crippen LogP contribution < -0.4 is 10.6 Å². The lowest BCUT2D eigenvalue weighted by Gasteiger charge is -2.26. The predicted molar refractivity (Wildman–Crippen MR) is 90.7 cm³/mol. The molecule has 0 saturated carbocycles. The van der Waals surface area contributed by atoms with Crippen LogP contribution in [0.2, 0.25) is 0 Å². The maximum absolute atomic E-state index is 3.69. The van der Waals surface area contributed by atoms with Crippen LogP contribution in [0, 0.1) is 0 Å². The fourth-order valence-corrected chi connectivity index (χ4v) is 3.84. The topological polar surface area (TPSA) is 24.1 Å². The van der Waals surface area contributed by atoms with Crippen LogP contribution in [-0.2, 0) is 6.54 Å². The zero-order chi connectivity index (χ0) is 14.3. The van der Waals surface area contributed by atoms with Gasteiger partial charge in [0.05, 0.1) is 0 Å². The summed E-state index contributed by atoms with van der Waals surface area (Å²) in [5.74, 6) is 1.21. The molecule has 0 spiro atoms. The Hall–Kier alpha value is -1.29. The maximum Gasteiger partial charge on any atom is 0.0339 e. The highest BCUT2D eigenvalue weighted by Crippen LogP contribution is 2.35. The van der Waals surface area contributed by atoms with Gasteiger partial charge in [-0.25, -0.2) is 0 Å². The van der Waals surface area contributed by atoms with Crippen molar-refractivity contribution in [2.75, 3.05) is 18.8 Å². The molecule has 0 aromatic heterocycles. The second kappa shape index (κ2) is 7.64. The molecular weight excluding hydrogens is 276 g/mol. The molecule has 1 heterocycles. The number of rotatable bonds is 6. The number of fused-ring (bicyclic) bond motifs is 1. The summed E-state index contributed by atoms with van der Waals surface area (Å²) < 4.78 is 0. The normalized spacial score (nSPS) is 17.4. The quantitative estimate of drug-likeness (QED) is 0.797. The summed E-state index contributed by atoms with van der Waals surface area (Å²) in [5, 5.41) is 7.19. The van der Waals surface area contributed by atoms with Crippen LogP contribution in [0.1, 0.15) is 23.6 Å². The highest BCUT2D eigenvalue weighted by molar-refractivity contribution is 7.99. The van der Waals surface area contributed by atoms with Crippen molar-refractivity contribution >= 4 is 11.8 Å². The first-order valence-corrected chi connectivity index (χ1v) is 8.62. The Morgan fingerprint density at radius 2 is 1.76 bits per heavy atom. The Morgan fingerprint density at radius 3 is 2.67 bits per heavy atom. The summed E-state index contributed by atoms with van der Waals surface area (Å²) in [6.45, 7) is 2.96. The Kier molecular flexibility index (Phi) is 5.33. The van der Waals surface area contributed by atoms with Crippen molar-refractivity contribution in [3.8, 4) is 0 Å². The standard InChI is InChI=1S/C18H22N2S/c1-2-6-15(7-3-1)14-19-11-12-20-17-10-13-21-18-9-5-4-8-16(17)18/h1-9,17,19-20H,10-14H2. The highest BCUT2D eigenvalue weighted by atomic mass is 32.2. The summed E-state index contributed by atoms with van der Waals surface area (Å²) in [6, 6.07) is 19.9. The third-order valence-electron chi connectivity index (χ3n) is 3.82. The fraction of sp³-hybridized carbons (Fsp3) is 0.333. The number of hydrogen-bond acceptors (Lipinski definition) is 3. The van der Waals surface area contributed by atoms with E-state index in [-0.39, 0.29) is 0 Å². The predicted octanol–water partition coefficient (Wildman–Crippen LogP) is 3.60. The first kappa shape index (κ1) is 14.6. The van der Waals surface area contributed by atoms with Gasteiger partial charge in [-0.15, -0.1) is 11.8 Å². The van der Waals surface area contributed by atoms with Gasteiger partial charge in [-0.05, 0) is 29.4 Å². The summed E-state index contributed by atoms with van der Waals surface area (Å²) in [7, 11) is 0. The Morgan fingerprint density at radius 1 is 0.952 bits per heavy atom. The first-order chi connectivity index (χ1) is 10.4. The van der Waals surface area contributed by atoms with Crippen molar-refractivity contribution < 1.29 is 0 Å². The lowest BCUT2D eigenvalue weighted by Crippen LogP contribution is -2.31. The summed E-state index contributed by atoms with van der Waals surface area (Å²) >= 11 is 1.98. The van der Waals surface area contributed by atoms with Gasteiger partial charge in [0.15, 0.2) is 0 Å². The van der Waals surface area contributed by atoms with Gasteiger partial charge in [-0.1, -0.05) is 48.5 Å². The minimum Gasteiger partial charge on any atom is -0.311 e. The highest BCUT2D eigenvalue weighted by Gasteiger charge is 2.19. The molecule has 2 aromatic carbocycles. The molecule has 1 unspecified atom stereocenters. The zero-order valence-corrected chi connectivity index (χ0v) is 13.0. The van der Waals surface area contributed by atoms with Crippen LogP contribution in [-0.4, -0.2) is 18.8 Å². The van der Waals surface area contributed by atoms with Crippen molar-refractivity contribution in [2.45, 2.75) is 23.9 Å². The number of benzene rings is 2. The van der Waals surface area contributed by atoms with Crippen LogP contribution in [0.25, 0.3) is 0 Å². The molecular formula is C18H22N2S. The number of hydrogen-bond donors (Lipinski definition) is 2. The van der Waals surface area contributed by atoms with Crippen molar-refractivity contribution in [3.63, 3.8) is 0 Å². The van der Waals surface area contributed by atoms with E-state index >= 15 is 0 Å². The molecule has 0 aliphatic carbocycles. The van der Waals surface area contributed by atoms with Gasteiger partial charge in [0.2, 0.25) is 0 Å². The lowest BCUT2D eigenvalue weighted by atomic mass is 10.0. The summed E-state index contributed by atoms with van der Waals surface area (Å²) in [6.07, 6.45) is 1.22. The second-order valence-electron chi connectivity index (χ2n) is 5.34. The van der Waals surface area contributed by atoms with E-state index in [0.29, 0.717) is 6.04 Å². The van der Waals surface area contributed by atoms with E-state index in [9.17, 15) is 0 Å². The molecule has 0 radical (unpaired) electrons. The third kappa shape index (κ3) is 4.10. The second-order valence-corrected chi connectivity index (χ2v) is 6.48. The average Bonchev–Trinajstić information content (AvgIpc) is 2.56. The monoisotopic (exact) mass is 298 g/mol. The summed E-state index contributed by atoms with van der Waals surface area (Å²) in [5.41, 5.74) is 2.81. The molecule has 0 amide bonds. The van der Waals surface area contributed by atoms with E-state index in [1.807, 2.05) is 11.8 Å². The van der Waals surface area contributed by atoms with Crippen molar-refractivity contribution in [1.82, 2.24) is 10.6 Å². The number of nitrogens with one attached hydrogen (secondary N) is 2. The van der Waals surface area contributed by atoms with E-state index in [0.717, 1.165) is 19.6 Å². The lowest BCUT2D eigenvalue weighted by molar-refractivity contribution is 0.497. The largest absolute Gasteiger partial charge is 0.311 e. The third-order valence-corrected chi connectivity index (χ3v) is 4.95. The van der Waals surface area contributed by atoms with Crippen LogP contribution >= 0.6 is 11.8 Å². The van der Waals surface area contributed by atoms with Crippen LogP contribution in [0.15, 0.2) is 59.5 Å². The Balaban J connectivity index is 1.42. The maximum atomic E-state index is 3.69. The van der Waals surface area contributed by atoms with Crippen molar-refractivity contribution in [3.05, 3.63) is 65.7 Å². The van der Waals surface area contributed by atoms with Crippen LogP contribution in [0.5, 0.6) is 0 Å². The van der Waals surface area contributed by atoms with Crippen molar-refractivity contribution in [2.24, 2.45) is 0 Å². The fourth-order valence-electron chi connectivity index (χ4n) is 2.72. The molecule has 2 N–H and O–H groups in total. The van der Waals surface area contributed by atoms with Gasteiger partial charge >= 0.3 is 0 Å². The van der Waals surface area contributed by atoms with Gasteiger partial charge in [0, 0.05) is 30.6 Å². The minimum absolute atomic E-state index is 0.515. The van der Waals surface area contributed by atoms with Crippen LogP contribution in [0.4, 0.5) is 0 Å². The molecule has 1 aliphatic rings. The molecule has 2 nitrogen and oxygen atoms in total. The van der Waals surface area contributed by atoms with Crippen LogP contribution in [0.3, 0.4) is 0 Å². The van der Waals surface area contributed by atoms with Gasteiger partial charge < -0.3 is 10.6 Å². The molecule has 110 valence electrons. The molecule has 1 aliphatic heterocycles. The molecule has 0 saturated heterocycles. The van der Waals surface area contributed by atoms with E-state index in [2.05, 4.69) is 65.2 Å². The zero-order valence-electron chi connectivity index (χ0n) is 12.2. The molecule has 1 atom stereocenters.